The monoisotopic (exact) mass is 257 g/mol. The Morgan fingerprint density at radius 3 is 2.50 bits per heavy atom. The van der Waals surface area contributed by atoms with E-state index in [-0.39, 0.29) is 11.3 Å². The van der Waals surface area contributed by atoms with Gasteiger partial charge in [-0.15, -0.1) is 6.42 Å². The minimum absolute atomic E-state index is 0.290. The molecule has 1 nitrogen and oxygen atoms in total. The van der Waals surface area contributed by atoms with Crippen LogP contribution in [0.3, 0.4) is 0 Å². The van der Waals surface area contributed by atoms with Crippen LogP contribution in [-0.4, -0.2) is 6.54 Å². The van der Waals surface area contributed by atoms with Crippen LogP contribution in [0.15, 0.2) is 48.6 Å². The first-order valence-corrected chi connectivity index (χ1v) is 6.37. The first kappa shape index (κ1) is 13.0. The summed E-state index contributed by atoms with van der Waals surface area (Å²) in [4.78, 5) is 0. The predicted molar refractivity (Wildman–Crippen MR) is 77.2 cm³/mol. The van der Waals surface area contributed by atoms with Gasteiger partial charge >= 0.3 is 0 Å². The molecule has 0 atom stereocenters. The molecule has 0 unspecified atom stereocenters. The summed E-state index contributed by atoms with van der Waals surface area (Å²) in [5.74, 6) is 3.15. The van der Waals surface area contributed by atoms with Crippen LogP contribution in [-0.2, 0) is 6.42 Å². The van der Waals surface area contributed by atoms with Gasteiger partial charge in [0.05, 0.1) is 5.41 Å². The van der Waals surface area contributed by atoms with Gasteiger partial charge in [-0.05, 0) is 18.1 Å². The van der Waals surface area contributed by atoms with Gasteiger partial charge in [0.2, 0.25) is 0 Å². The van der Waals surface area contributed by atoms with E-state index in [4.69, 9.17) is 23.8 Å². The number of allylic oxidation sites excluding steroid dienone is 2. The summed E-state index contributed by atoms with van der Waals surface area (Å²) in [5.41, 5.74) is 6.32. The van der Waals surface area contributed by atoms with Crippen LogP contribution in [0.1, 0.15) is 5.56 Å². The molecule has 0 aromatic heterocycles. The Labute approximate surface area is 113 Å². The maximum atomic E-state index is 6.18. The van der Waals surface area contributed by atoms with Crippen LogP contribution in [0.25, 0.3) is 0 Å². The van der Waals surface area contributed by atoms with E-state index in [0.29, 0.717) is 13.0 Å². The summed E-state index contributed by atoms with van der Waals surface area (Å²) >= 11 is 6.18. The Hall–Kier alpha value is -1.49. The fourth-order valence-corrected chi connectivity index (χ4v) is 2.29. The van der Waals surface area contributed by atoms with Crippen molar-refractivity contribution >= 4 is 11.6 Å². The molecule has 1 aromatic carbocycles. The lowest BCUT2D eigenvalue weighted by Crippen LogP contribution is -2.22. The smallest absolute Gasteiger partial charge is 0.0712 e. The minimum atomic E-state index is -0.378. The predicted octanol–water partition coefficient (Wildman–Crippen LogP) is 3.20. The molecule has 0 spiro atoms. The SMILES string of the molecule is C#CC1(Cc2ccccc2Cl)C=CC(CN)C=C1. The van der Waals surface area contributed by atoms with Crippen LogP contribution in [0.2, 0.25) is 5.02 Å². The number of hydrogen-bond donors (Lipinski definition) is 1. The molecule has 0 saturated heterocycles. The van der Waals surface area contributed by atoms with Gasteiger partial charge in [-0.2, -0.15) is 0 Å². The second-order valence-electron chi connectivity index (χ2n) is 4.57. The van der Waals surface area contributed by atoms with Crippen molar-refractivity contribution < 1.29 is 0 Å². The highest BCUT2D eigenvalue weighted by atomic mass is 35.5. The van der Waals surface area contributed by atoms with E-state index in [1.165, 1.54) is 0 Å². The van der Waals surface area contributed by atoms with Gasteiger partial charge in [0.1, 0.15) is 0 Å². The molecule has 0 fully saturated rings. The van der Waals surface area contributed by atoms with Gasteiger partial charge in [-0.3, -0.25) is 0 Å². The van der Waals surface area contributed by atoms with Gasteiger partial charge in [0, 0.05) is 17.5 Å². The summed E-state index contributed by atoms with van der Waals surface area (Å²) in [7, 11) is 0. The van der Waals surface area contributed by atoms with Crippen LogP contribution >= 0.6 is 11.6 Å². The molecule has 0 aliphatic heterocycles. The van der Waals surface area contributed by atoms with Crippen molar-refractivity contribution in [2.24, 2.45) is 17.1 Å². The van der Waals surface area contributed by atoms with Gasteiger partial charge in [-0.1, -0.05) is 60.0 Å². The molecule has 92 valence electrons. The van der Waals surface area contributed by atoms with Crippen LogP contribution in [0.5, 0.6) is 0 Å². The first-order chi connectivity index (χ1) is 8.69. The fourth-order valence-electron chi connectivity index (χ4n) is 2.09. The van der Waals surface area contributed by atoms with Gasteiger partial charge < -0.3 is 5.73 Å². The number of nitrogens with two attached hydrogens (primary N) is 1. The summed E-state index contributed by atoms with van der Waals surface area (Å²) in [5, 5.41) is 0.759. The lowest BCUT2D eigenvalue weighted by atomic mass is 9.77. The fraction of sp³-hybridized carbons (Fsp3) is 0.250. The van der Waals surface area contributed by atoms with Crippen molar-refractivity contribution in [2.45, 2.75) is 6.42 Å². The molecule has 2 N–H and O–H groups in total. The Morgan fingerprint density at radius 1 is 1.28 bits per heavy atom. The van der Waals surface area contributed by atoms with E-state index < -0.39 is 0 Å². The van der Waals surface area contributed by atoms with E-state index in [2.05, 4.69) is 30.2 Å². The summed E-state index contributed by atoms with van der Waals surface area (Å²) in [6.45, 7) is 0.611. The van der Waals surface area contributed by atoms with Crippen LogP contribution in [0.4, 0.5) is 0 Å². The molecular weight excluding hydrogens is 242 g/mol. The lowest BCUT2D eigenvalue weighted by Gasteiger charge is -2.26. The third kappa shape index (κ3) is 2.67. The van der Waals surface area contributed by atoms with Crippen LogP contribution < -0.4 is 5.73 Å². The average molecular weight is 258 g/mol. The zero-order chi connectivity index (χ0) is 13.0. The summed E-state index contributed by atoms with van der Waals surface area (Å²) < 4.78 is 0. The molecule has 0 heterocycles. The minimum Gasteiger partial charge on any atom is -0.330 e. The quantitative estimate of drug-likeness (QED) is 0.653. The maximum Gasteiger partial charge on any atom is 0.0712 e. The normalized spacial score (nSPS) is 25.9. The van der Waals surface area contributed by atoms with Gasteiger partial charge in [0.25, 0.3) is 0 Å². The Kier molecular flexibility index (Phi) is 3.91. The van der Waals surface area contributed by atoms with E-state index >= 15 is 0 Å². The number of terminal acetylenes is 1. The highest BCUT2D eigenvalue weighted by Gasteiger charge is 2.25. The number of benzene rings is 1. The zero-order valence-corrected chi connectivity index (χ0v) is 10.9. The van der Waals surface area contributed by atoms with Crippen LogP contribution in [0, 0.1) is 23.7 Å². The summed E-state index contributed by atoms with van der Waals surface area (Å²) in [6, 6.07) is 7.80. The second-order valence-corrected chi connectivity index (χ2v) is 4.98. The van der Waals surface area contributed by atoms with E-state index in [9.17, 15) is 0 Å². The molecule has 0 amide bonds. The number of rotatable bonds is 3. The number of hydrogen-bond acceptors (Lipinski definition) is 1. The summed E-state index contributed by atoms with van der Waals surface area (Å²) in [6.07, 6.45) is 14.7. The van der Waals surface area contributed by atoms with Crippen molar-refractivity contribution in [3.63, 3.8) is 0 Å². The maximum absolute atomic E-state index is 6.18. The van der Waals surface area contributed by atoms with Crippen molar-refractivity contribution in [3.05, 3.63) is 59.2 Å². The lowest BCUT2D eigenvalue weighted by molar-refractivity contribution is 0.618. The molecule has 0 bridgehead atoms. The van der Waals surface area contributed by atoms with E-state index in [0.717, 1.165) is 10.6 Å². The highest BCUT2D eigenvalue weighted by Crippen LogP contribution is 2.32. The van der Waals surface area contributed by atoms with Crippen molar-refractivity contribution in [1.29, 1.82) is 0 Å². The average Bonchev–Trinajstić information content (AvgIpc) is 2.42. The molecule has 2 heteroatoms. The number of halogens is 1. The Balaban J connectivity index is 2.24. The molecule has 2 rings (SSSR count). The topological polar surface area (TPSA) is 26.0 Å². The molecule has 1 aliphatic carbocycles. The molecule has 0 saturated carbocycles. The Bertz CT molecular complexity index is 508. The largest absolute Gasteiger partial charge is 0.330 e. The van der Waals surface area contributed by atoms with E-state index in [1.54, 1.807) is 0 Å². The Morgan fingerprint density at radius 2 is 1.94 bits per heavy atom. The molecule has 18 heavy (non-hydrogen) atoms. The second kappa shape index (κ2) is 5.44. The molecule has 0 radical (unpaired) electrons. The van der Waals surface area contributed by atoms with E-state index in [1.807, 2.05) is 24.3 Å². The van der Waals surface area contributed by atoms with Gasteiger partial charge in [0.15, 0.2) is 0 Å². The molecule has 1 aromatic rings. The van der Waals surface area contributed by atoms with Crippen molar-refractivity contribution in [2.75, 3.05) is 6.54 Å². The first-order valence-electron chi connectivity index (χ1n) is 5.99. The van der Waals surface area contributed by atoms with Crippen molar-refractivity contribution in [3.8, 4) is 12.3 Å². The highest BCUT2D eigenvalue weighted by molar-refractivity contribution is 6.31. The van der Waals surface area contributed by atoms with Crippen molar-refractivity contribution in [1.82, 2.24) is 0 Å². The van der Waals surface area contributed by atoms with Gasteiger partial charge in [-0.25, -0.2) is 0 Å². The third-order valence-electron chi connectivity index (χ3n) is 3.26. The molecule has 1 aliphatic rings. The standard InChI is InChI=1S/C16H16ClN/c1-2-16(9-7-13(12-18)8-10-16)11-14-5-3-4-6-15(14)17/h1,3-10,13H,11-12,18H2. The third-order valence-corrected chi connectivity index (χ3v) is 3.63. The molecular formula is C16H16ClN. The zero-order valence-electron chi connectivity index (χ0n) is 10.1.